The first kappa shape index (κ1) is 17.5. The van der Waals surface area contributed by atoms with E-state index in [4.69, 9.17) is 4.74 Å². The summed E-state index contributed by atoms with van der Waals surface area (Å²) in [5.74, 6) is 0.292. The van der Waals surface area contributed by atoms with Gasteiger partial charge in [-0.05, 0) is 37.5 Å². The van der Waals surface area contributed by atoms with E-state index < -0.39 is 6.10 Å². The molecular weight excluding hydrogens is 268 g/mol. The number of nitrogens with one attached hydrogen (secondary N) is 2. The zero-order chi connectivity index (χ0) is 15.8. The molecule has 0 aromatic heterocycles. The molecule has 2 amide bonds. The third-order valence-corrected chi connectivity index (χ3v) is 3.27. The molecule has 0 radical (unpaired) electrons. The zero-order valence-electron chi connectivity index (χ0n) is 13.2. The van der Waals surface area contributed by atoms with Crippen LogP contribution in [-0.4, -0.2) is 30.4 Å². The van der Waals surface area contributed by atoms with Crippen molar-refractivity contribution < 1.29 is 14.6 Å². The number of aliphatic hydroxyl groups is 1. The first-order chi connectivity index (χ1) is 9.93. The van der Waals surface area contributed by atoms with Gasteiger partial charge in [0.25, 0.3) is 0 Å². The van der Waals surface area contributed by atoms with Crippen molar-refractivity contribution in [1.82, 2.24) is 5.32 Å². The van der Waals surface area contributed by atoms with Gasteiger partial charge in [0.15, 0.2) is 0 Å². The predicted octanol–water partition coefficient (Wildman–Crippen LogP) is 2.92. The Hall–Kier alpha value is -1.59. The molecule has 1 aromatic rings. The van der Waals surface area contributed by atoms with Gasteiger partial charge in [-0.3, -0.25) is 0 Å². The van der Waals surface area contributed by atoms with Crippen LogP contribution in [0.15, 0.2) is 24.3 Å². The van der Waals surface area contributed by atoms with Crippen LogP contribution in [0.2, 0.25) is 0 Å². The third-order valence-electron chi connectivity index (χ3n) is 3.27. The SMILES string of the molecule is CCOCC(NC(=O)Nc1ccc(C(C)O)cc1)C(C)C. The van der Waals surface area contributed by atoms with Crippen LogP contribution in [0.3, 0.4) is 0 Å². The van der Waals surface area contributed by atoms with Gasteiger partial charge >= 0.3 is 6.03 Å². The number of anilines is 1. The molecule has 2 atom stereocenters. The van der Waals surface area contributed by atoms with Gasteiger partial charge in [-0.25, -0.2) is 4.79 Å². The zero-order valence-corrected chi connectivity index (χ0v) is 13.2. The Kier molecular flexibility index (Phi) is 7.19. The van der Waals surface area contributed by atoms with Crippen molar-refractivity contribution in [2.45, 2.75) is 39.8 Å². The highest BCUT2D eigenvalue weighted by atomic mass is 16.5. The van der Waals surface area contributed by atoms with Gasteiger partial charge in [0.2, 0.25) is 0 Å². The van der Waals surface area contributed by atoms with E-state index in [1.807, 2.05) is 20.8 Å². The van der Waals surface area contributed by atoms with Crippen LogP contribution in [0.5, 0.6) is 0 Å². The fourth-order valence-electron chi connectivity index (χ4n) is 1.83. The van der Waals surface area contributed by atoms with Crippen LogP contribution < -0.4 is 10.6 Å². The van der Waals surface area contributed by atoms with Gasteiger partial charge in [0.1, 0.15) is 0 Å². The molecule has 0 heterocycles. The topological polar surface area (TPSA) is 70.6 Å². The fraction of sp³-hybridized carbons (Fsp3) is 0.562. The second-order valence-corrected chi connectivity index (χ2v) is 5.41. The molecule has 0 saturated carbocycles. The molecule has 0 aliphatic heterocycles. The summed E-state index contributed by atoms with van der Waals surface area (Å²) in [7, 11) is 0. The molecule has 21 heavy (non-hydrogen) atoms. The molecule has 0 fully saturated rings. The van der Waals surface area contributed by atoms with Crippen molar-refractivity contribution >= 4 is 11.7 Å². The largest absolute Gasteiger partial charge is 0.389 e. The Labute approximate surface area is 126 Å². The van der Waals surface area contributed by atoms with Gasteiger partial charge in [-0.15, -0.1) is 0 Å². The number of benzene rings is 1. The van der Waals surface area contributed by atoms with E-state index in [0.717, 1.165) is 5.56 Å². The van der Waals surface area contributed by atoms with Crippen LogP contribution in [0.25, 0.3) is 0 Å². The van der Waals surface area contributed by atoms with Crippen molar-refractivity contribution in [3.05, 3.63) is 29.8 Å². The number of ether oxygens (including phenoxy) is 1. The van der Waals surface area contributed by atoms with Crippen LogP contribution in [0.4, 0.5) is 10.5 Å². The molecule has 0 bridgehead atoms. The van der Waals surface area contributed by atoms with Crippen LogP contribution >= 0.6 is 0 Å². The van der Waals surface area contributed by atoms with Gasteiger partial charge < -0.3 is 20.5 Å². The highest BCUT2D eigenvalue weighted by Crippen LogP contribution is 2.15. The minimum atomic E-state index is -0.510. The van der Waals surface area contributed by atoms with E-state index >= 15 is 0 Å². The number of hydrogen-bond acceptors (Lipinski definition) is 3. The van der Waals surface area contributed by atoms with E-state index in [1.165, 1.54) is 0 Å². The molecule has 1 rings (SSSR count). The fourth-order valence-corrected chi connectivity index (χ4v) is 1.83. The lowest BCUT2D eigenvalue weighted by Crippen LogP contribution is -2.44. The summed E-state index contributed by atoms with van der Waals surface area (Å²) in [4.78, 5) is 12.0. The maximum absolute atomic E-state index is 12.0. The van der Waals surface area contributed by atoms with E-state index in [2.05, 4.69) is 10.6 Å². The number of carbonyl (C=O) groups excluding carboxylic acids is 1. The number of aliphatic hydroxyl groups excluding tert-OH is 1. The first-order valence-electron chi connectivity index (χ1n) is 7.37. The molecule has 0 spiro atoms. The summed E-state index contributed by atoms with van der Waals surface area (Å²) < 4.78 is 5.38. The molecule has 0 aliphatic carbocycles. The van der Waals surface area contributed by atoms with E-state index in [0.29, 0.717) is 24.8 Å². The van der Waals surface area contributed by atoms with Crippen molar-refractivity contribution in [3.8, 4) is 0 Å². The number of amides is 2. The first-order valence-corrected chi connectivity index (χ1v) is 7.37. The normalized spacial score (nSPS) is 13.8. The van der Waals surface area contributed by atoms with Crippen molar-refractivity contribution in [3.63, 3.8) is 0 Å². The molecule has 3 N–H and O–H groups in total. The highest BCUT2D eigenvalue weighted by Gasteiger charge is 2.16. The average Bonchev–Trinajstić information content (AvgIpc) is 2.43. The van der Waals surface area contributed by atoms with Gasteiger partial charge in [-0.1, -0.05) is 26.0 Å². The van der Waals surface area contributed by atoms with Gasteiger partial charge in [0.05, 0.1) is 18.8 Å². The Morgan fingerprint density at radius 3 is 2.33 bits per heavy atom. The summed E-state index contributed by atoms with van der Waals surface area (Å²) in [5.41, 5.74) is 1.51. The monoisotopic (exact) mass is 294 g/mol. The van der Waals surface area contributed by atoms with Gasteiger partial charge in [-0.2, -0.15) is 0 Å². The van der Waals surface area contributed by atoms with Crippen LogP contribution in [0, 0.1) is 5.92 Å². The Morgan fingerprint density at radius 1 is 1.24 bits per heavy atom. The lowest BCUT2D eigenvalue weighted by atomic mass is 10.1. The van der Waals surface area contributed by atoms with Crippen molar-refractivity contribution in [2.75, 3.05) is 18.5 Å². The smallest absolute Gasteiger partial charge is 0.319 e. The summed E-state index contributed by atoms with van der Waals surface area (Å²) >= 11 is 0. The molecule has 2 unspecified atom stereocenters. The van der Waals surface area contributed by atoms with Gasteiger partial charge in [0, 0.05) is 12.3 Å². The molecule has 0 aliphatic rings. The lowest BCUT2D eigenvalue weighted by Gasteiger charge is -2.22. The second-order valence-electron chi connectivity index (χ2n) is 5.41. The lowest BCUT2D eigenvalue weighted by molar-refractivity contribution is 0.111. The molecular formula is C16H26N2O3. The molecule has 5 nitrogen and oxygen atoms in total. The number of hydrogen-bond donors (Lipinski definition) is 3. The highest BCUT2D eigenvalue weighted by molar-refractivity contribution is 5.89. The third kappa shape index (κ3) is 6.14. The Bertz CT molecular complexity index is 430. The second kappa shape index (κ2) is 8.64. The standard InChI is InChI=1S/C16H26N2O3/c1-5-21-10-15(11(2)3)18-16(20)17-14-8-6-13(7-9-14)12(4)19/h6-9,11-12,15,19H,5,10H2,1-4H3,(H2,17,18,20). The molecule has 1 aromatic carbocycles. The summed E-state index contributed by atoms with van der Waals surface area (Å²) in [6.07, 6.45) is -0.510. The van der Waals surface area contributed by atoms with Crippen LogP contribution in [-0.2, 0) is 4.74 Å². The summed E-state index contributed by atoms with van der Waals surface area (Å²) in [6, 6.07) is 6.85. The van der Waals surface area contributed by atoms with E-state index in [9.17, 15) is 9.90 Å². The minimum absolute atomic E-state index is 0.0262. The van der Waals surface area contributed by atoms with Crippen molar-refractivity contribution in [2.24, 2.45) is 5.92 Å². The number of urea groups is 1. The van der Waals surface area contributed by atoms with E-state index in [-0.39, 0.29) is 12.1 Å². The maximum Gasteiger partial charge on any atom is 0.319 e. The molecule has 0 saturated heterocycles. The quantitative estimate of drug-likeness (QED) is 0.724. The van der Waals surface area contributed by atoms with Crippen LogP contribution in [0.1, 0.15) is 39.4 Å². The Morgan fingerprint density at radius 2 is 1.86 bits per heavy atom. The minimum Gasteiger partial charge on any atom is -0.389 e. The number of rotatable bonds is 7. The number of carbonyl (C=O) groups is 1. The summed E-state index contributed by atoms with van der Waals surface area (Å²) in [6.45, 7) is 8.86. The predicted molar refractivity (Wildman–Crippen MR) is 84.3 cm³/mol. The van der Waals surface area contributed by atoms with E-state index in [1.54, 1.807) is 31.2 Å². The maximum atomic E-state index is 12.0. The summed E-state index contributed by atoms with van der Waals surface area (Å²) in [5, 5.41) is 15.1. The Balaban J connectivity index is 2.55. The average molecular weight is 294 g/mol. The molecule has 118 valence electrons. The van der Waals surface area contributed by atoms with Crippen molar-refractivity contribution in [1.29, 1.82) is 0 Å². The molecule has 5 heteroatoms.